The van der Waals surface area contributed by atoms with Crippen molar-refractivity contribution >= 4 is 15.9 Å². The molecule has 0 aliphatic carbocycles. The largest absolute Gasteiger partial charge is 0.387 e. The van der Waals surface area contributed by atoms with Gasteiger partial charge in [-0.1, -0.05) is 32.8 Å². The lowest BCUT2D eigenvalue weighted by molar-refractivity contribution is 0.194. The Morgan fingerprint density at radius 2 is 1.93 bits per heavy atom. The number of unbranched alkanes of at least 4 members (excludes halogenated alkanes) is 1. The van der Waals surface area contributed by atoms with Gasteiger partial charge in [0.2, 0.25) is 0 Å². The third-order valence-electron chi connectivity index (χ3n) is 1.66. The fraction of sp³-hybridized carbons (Fsp3) is 0.545. The Kier molecular flexibility index (Phi) is 7.71. The zero-order valence-corrected chi connectivity index (χ0v) is 10.6. The van der Waals surface area contributed by atoms with E-state index in [0.29, 0.717) is 5.69 Å². The monoisotopic (exact) mass is 259 g/mol. The minimum absolute atomic E-state index is 0.488. The molecule has 0 fully saturated rings. The van der Waals surface area contributed by atoms with Crippen LogP contribution in [0.2, 0.25) is 0 Å². The van der Waals surface area contributed by atoms with Crippen LogP contribution in [-0.4, -0.2) is 10.1 Å². The van der Waals surface area contributed by atoms with Gasteiger partial charge in [0.15, 0.2) is 0 Å². The molecule has 0 aliphatic heterocycles. The van der Waals surface area contributed by atoms with E-state index >= 15 is 0 Å². The summed E-state index contributed by atoms with van der Waals surface area (Å²) < 4.78 is 0.755. The number of rotatable bonds is 2. The summed E-state index contributed by atoms with van der Waals surface area (Å²) in [5.74, 6) is 0. The molecule has 1 rings (SSSR count). The normalized spacial score (nSPS) is 11.5. The highest BCUT2D eigenvalue weighted by atomic mass is 79.9. The molecule has 1 heterocycles. The maximum absolute atomic E-state index is 9.06. The van der Waals surface area contributed by atoms with E-state index in [4.69, 9.17) is 5.11 Å². The van der Waals surface area contributed by atoms with Gasteiger partial charge < -0.3 is 5.11 Å². The Labute approximate surface area is 94.5 Å². The van der Waals surface area contributed by atoms with E-state index in [9.17, 15) is 0 Å². The molecule has 1 unspecified atom stereocenters. The van der Waals surface area contributed by atoms with Crippen molar-refractivity contribution in [2.24, 2.45) is 0 Å². The minimum Gasteiger partial charge on any atom is -0.387 e. The van der Waals surface area contributed by atoms with Gasteiger partial charge in [0, 0.05) is 0 Å². The fourth-order valence-corrected chi connectivity index (χ4v) is 1.01. The molecule has 0 saturated heterocycles. The molecule has 1 N–H and O–H groups in total. The first kappa shape index (κ1) is 13.6. The summed E-state index contributed by atoms with van der Waals surface area (Å²) in [6, 6.07) is 5.46. The fourth-order valence-electron chi connectivity index (χ4n) is 0.657. The molecule has 3 heteroatoms. The predicted molar refractivity (Wildman–Crippen MR) is 63.2 cm³/mol. The van der Waals surface area contributed by atoms with E-state index in [1.165, 1.54) is 12.8 Å². The van der Waals surface area contributed by atoms with Crippen molar-refractivity contribution in [1.82, 2.24) is 4.98 Å². The van der Waals surface area contributed by atoms with Crippen molar-refractivity contribution in [3.05, 3.63) is 28.5 Å². The van der Waals surface area contributed by atoms with Gasteiger partial charge in [-0.3, -0.25) is 0 Å². The summed E-state index contributed by atoms with van der Waals surface area (Å²) in [4.78, 5) is 4.04. The number of aliphatic hydroxyl groups excluding tert-OH is 1. The maximum Gasteiger partial charge on any atom is 0.106 e. The SMILES string of the molecule is CC(O)c1cccc(Br)n1.CCCC. The molecule has 0 radical (unpaired) electrons. The van der Waals surface area contributed by atoms with E-state index < -0.39 is 6.10 Å². The van der Waals surface area contributed by atoms with Crippen LogP contribution in [0.4, 0.5) is 0 Å². The van der Waals surface area contributed by atoms with Crippen LogP contribution in [-0.2, 0) is 0 Å². The van der Waals surface area contributed by atoms with Crippen LogP contribution < -0.4 is 0 Å². The summed E-state index contributed by atoms with van der Waals surface area (Å²) >= 11 is 3.21. The first-order chi connectivity index (χ1) is 6.61. The van der Waals surface area contributed by atoms with E-state index in [1.807, 2.05) is 12.1 Å². The average molecular weight is 260 g/mol. The second-order valence-corrected chi connectivity index (χ2v) is 3.87. The highest BCUT2D eigenvalue weighted by molar-refractivity contribution is 9.10. The average Bonchev–Trinajstić information content (AvgIpc) is 2.18. The molecule has 0 amide bonds. The number of hydrogen-bond acceptors (Lipinski definition) is 2. The summed E-state index contributed by atoms with van der Waals surface area (Å²) in [7, 11) is 0. The molecule has 0 aliphatic rings. The van der Waals surface area contributed by atoms with Gasteiger partial charge in [-0.2, -0.15) is 0 Å². The van der Waals surface area contributed by atoms with Gasteiger partial charge in [0.1, 0.15) is 4.60 Å². The molecule has 2 nitrogen and oxygen atoms in total. The molecular formula is C11H18BrNO. The zero-order valence-electron chi connectivity index (χ0n) is 9.00. The zero-order chi connectivity index (χ0) is 11.0. The van der Waals surface area contributed by atoms with Crippen LogP contribution in [0, 0.1) is 0 Å². The molecule has 80 valence electrons. The lowest BCUT2D eigenvalue weighted by Gasteiger charge is -2.01. The van der Waals surface area contributed by atoms with Crippen molar-refractivity contribution in [2.75, 3.05) is 0 Å². The van der Waals surface area contributed by atoms with Crippen molar-refractivity contribution in [1.29, 1.82) is 0 Å². The second-order valence-electron chi connectivity index (χ2n) is 3.06. The maximum atomic E-state index is 9.06. The van der Waals surface area contributed by atoms with Gasteiger partial charge in [-0.15, -0.1) is 0 Å². The third kappa shape index (κ3) is 6.11. The Hall–Kier alpha value is -0.410. The summed E-state index contributed by atoms with van der Waals surface area (Å²) in [5.41, 5.74) is 0.689. The molecular weight excluding hydrogens is 242 g/mol. The van der Waals surface area contributed by atoms with Crippen LogP contribution in [0.15, 0.2) is 22.8 Å². The van der Waals surface area contributed by atoms with Gasteiger partial charge in [0.25, 0.3) is 0 Å². The summed E-state index contributed by atoms with van der Waals surface area (Å²) in [6.07, 6.45) is 2.15. The van der Waals surface area contributed by atoms with Crippen molar-refractivity contribution in [3.8, 4) is 0 Å². The van der Waals surface area contributed by atoms with E-state index in [2.05, 4.69) is 34.8 Å². The van der Waals surface area contributed by atoms with E-state index in [0.717, 1.165) is 4.60 Å². The molecule has 1 aromatic heterocycles. The molecule has 0 aromatic carbocycles. The topological polar surface area (TPSA) is 33.1 Å². The van der Waals surface area contributed by atoms with E-state index in [-0.39, 0.29) is 0 Å². The van der Waals surface area contributed by atoms with Gasteiger partial charge in [-0.25, -0.2) is 4.98 Å². The van der Waals surface area contributed by atoms with Crippen LogP contribution in [0.25, 0.3) is 0 Å². The smallest absolute Gasteiger partial charge is 0.106 e. The molecule has 14 heavy (non-hydrogen) atoms. The highest BCUT2D eigenvalue weighted by Crippen LogP contribution is 2.12. The quantitative estimate of drug-likeness (QED) is 0.822. The Morgan fingerprint density at radius 1 is 1.36 bits per heavy atom. The first-order valence-electron chi connectivity index (χ1n) is 4.92. The highest BCUT2D eigenvalue weighted by Gasteiger charge is 2.00. The Morgan fingerprint density at radius 3 is 2.21 bits per heavy atom. The Bertz CT molecular complexity index is 249. The van der Waals surface area contributed by atoms with Crippen molar-refractivity contribution < 1.29 is 5.11 Å². The number of aromatic nitrogens is 1. The van der Waals surface area contributed by atoms with Crippen LogP contribution in [0.1, 0.15) is 45.4 Å². The van der Waals surface area contributed by atoms with Gasteiger partial charge in [0.05, 0.1) is 11.8 Å². The molecule has 0 spiro atoms. The number of pyridine rings is 1. The van der Waals surface area contributed by atoms with Crippen molar-refractivity contribution in [3.63, 3.8) is 0 Å². The van der Waals surface area contributed by atoms with Crippen LogP contribution in [0.5, 0.6) is 0 Å². The lowest BCUT2D eigenvalue weighted by Crippen LogP contribution is -1.94. The summed E-state index contributed by atoms with van der Waals surface area (Å²) in [6.45, 7) is 6.05. The van der Waals surface area contributed by atoms with Gasteiger partial charge >= 0.3 is 0 Å². The Balaban J connectivity index is 0.000000364. The number of hydrogen-bond donors (Lipinski definition) is 1. The number of nitrogens with zero attached hydrogens (tertiary/aromatic N) is 1. The van der Waals surface area contributed by atoms with E-state index in [1.54, 1.807) is 13.0 Å². The number of aliphatic hydroxyl groups is 1. The lowest BCUT2D eigenvalue weighted by atomic mass is 10.2. The number of halogens is 1. The molecule has 1 aromatic rings. The minimum atomic E-state index is -0.488. The third-order valence-corrected chi connectivity index (χ3v) is 2.11. The standard InChI is InChI=1S/C7H8BrNO.C4H10/c1-5(10)6-3-2-4-7(8)9-6;1-3-4-2/h2-5,10H,1H3;3-4H2,1-2H3. The summed E-state index contributed by atoms with van der Waals surface area (Å²) in [5, 5.41) is 9.06. The van der Waals surface area contributed by atoms with Crippen LogP contribution >= 0.6 is 15.9 Å². The predicted octanol–water partition coefficient (Wildman–Crippen LogP) is 3.70. The van der Waals surface area contributed by atoms with Crippen molar-refractivity contribution in [2.45, 2.75) is 39.7 Å². The van der Waals surface area contributed by atoms with Gasteiger partial charge in [-0.05, 0) is 35.0 Å². The molecule has 1 atom stereocenters. The molecule has 0 saturated carbocycles. The molecule has 0 bridgehead atoms. The second kappa shape index (κ2) is 7.94. The first-order valence-corrected chi connectivity index (χ1v) is 5.71. The van der Waals surface area contributed by atoms with Crippen LogP contribution in [0.3, 0.4) is 0 Å².